The van der Waals surface area contributed by atoms with Crippen LogP contribution in [0.4, 0.5) is 0 Å². The number of rotatable bonds is 15. The van der Waals surface area contributed by atoms with E-state index in [1.54, 1.807) is 6.92 Å². The van der Waals surface area contributed by atoms with E-state index >= 15 is 0 Å². The van der Waals surface area contributed by atoms with E-state index in [0.29, 0.717) is 31.2 Å². The highest BCUT2D eigenvalue weighted by molar-refractivity contribution is 5.82. The van der Waals surface area contributed by atoms with Crippen LogP contribution in [0.1, 0.15) is 119 Å². The number of nitrogens with zero attached hydrogens (tertiary/aromatic N) is 3. The zero-order chi connectivity index (χ0) is 24.7. The number of Topliss-reactive ketones (excluding diaryl/α,β-unsaturated/α-hetero) is 2. The highest BCUT2D eigenvalue weighted by Gasteiger charge is 2.32. The minimum Gasteiger partial charge on any atom is -0.312 e. The average molecular weight is 466 g/mol. The summed E-state index contributed by atoms with van der Waals surface area (Å²) in [4.78, 5) is 24.6. The molecule has 1 atom stereocenters. The number of benzene rings is 1. The SMILES string of the molecule is CC(=O)CCCCC(CC(=O)Cc1ccc(C)cc1C)c1nnc(CCCC(C)C)n1C1CC1. The van der Waals surface area contributed by atoms with Gasteiger partial charge in [0.05, 0.1) is 0 Å². The fourth-order valence-corrected chi connectivity index (χ4v) is 4.88. The molecule has 5 heteroatoms. The molecule has 0 bridgehead atoms. The molecule has 2 aromatic rings. The van der Waals surface area contributed by atoms with Gasteiger partial charge in [0.2, 0.25) is 0 Å². The third-order valence-corrected chi connectivity index (χ3v) is 6.94. The Balaban J connectivity index is 1.76. The predicted octanol–water partition coefficient (Wildman–Crippen LogP) is 6.64. The molecule has 0 saturated heterocycles. The summed E-state index contributed by atoms with van der Waals surface area (Å²) < 4.78 is 2.38. The van der Waals surface area contributed by atoms with Crippen LogP contribution in [-0.2, 0) is 22.4 Å². The first-order chi connectivity index (χ1) is 16.2. The van der Waals surface area contributed by atoms with Crippen molar-refractivity contribution in [2.75, 3.05) is 0 Å². The second-order valence-electron chi connectivity index (χ2n) is 10.9. The standard InChI is InChI=1S/C29H43N3O2/c1-20(2)9-8-12-28-30-31-29(32(28)26-15-16-26)25(11-7-6-10-23(5)33)19-27(34)18-24-14-13-21(3)17-22(24)4/h13-14,17,20,25-26H,6-12,15-16,18-19H2,1-5H3. The van der Waals surface area contributed by atoms with Crippen molar-refractivity contribution in [3.8, 4) is 0 Å². The highest BCUT2D eigenvalue weighted by Crippen LogP contribution is 2.40. The van der Waals surface area contributed by atoms with Crippen LogP contribution in [0, 0.1) is 19.8 Å². The molecule has 1 aromatic carbocycles. The van der Waals surface area contributed by atoms with Crippen molar-refractivity contribution in [2.24, 2.45) is 5.92 Å². The van der Waals surface area contributed by atoms with E-state index in [0.717, 1.165) is 49.3 Å². The van der Waals surface area contributed by atoms with Crippen LogP contribution in [-0.4, -0.2) is 26.3 Å². The molecule has 0 aliphatic heterocycles. The maximum absolute atomic E-state index is 13.2. The van der Waals surface area contributed by atoms with E-state index in [1.165, 1.54) is 30.4 Å². The van der Waals surface area contributed by atoms with Gasteiger partial charge in [-0.25, -0.2) is 0 Å². The van der Waals surface area contributed by atoms with Crippen molar-refractivity contribution >= 4 is 11.6 Å². The lowest BCUT2D eigenvalue weighted by Crippen LogP contribution is -2.16. The van der Waals surface area contributed by atoms with Gasteiger partial charge in [-0.1, -0.05) is 50.5 Å². The first kappa shape index (κ1) is 26.3. The fraction of sp³-hybridized carbons (Fsp3) is 0.655. The number of hydrogen-bond acceptors (Lipinski definition) is 4. The Labute approximate surface area is 205 Å². The van der Waals surface area contributed by atoms with Gasteiger partial charge in [-0.3, -0.25) is 4.79 Å². The van der Waals surface area contributed by atoms with Crippen LogP contribution < -0.4 is 0 Å². The third-order valence-electron chi connectivity index (χ3n) is 6.94. The summed E-state index contributed by atoms with van der Waals surface area (Å²) >= 11 is 0. The molecule has 186 valence electrons. The van der Waals surface area contributed by atoms with Crippen molar-refractivity contribution in [1.29, 1.82) is 0 Å². The molecular formula is C29H43N3O2. The Kier molecular flexibility index (Phi) is 9.61. The molecule has 0 amide bonds. The normalized spacial score (nSPS) is 14.5. The number of aryl methyl sites for hydroxylation is 3. The van der Waals surface area contributed by atoms with Gasteiger partial charge in [0.15, 0.2) is 0 Å². The number of unbranched alkanes of at least 4 members (excludes halogenated alkanes) is 1. The maximum Gasteiger partial charge on any atom is 0.138 e. The van der Waals surface area contributed by atoms with Crippen LogP contribution in [0.5, 0.6) is 0 Å². The first-order valence-corrected chi connectivity index (χ1v) is 13.3. The maximum atomic E-state index is 13.2. The Hall–Kier alpha value is -2.30. The van der Waals surface area contributed by atoms with E-state index in [9.17, 15) is 9.59 Å². The minimum atomic E-state index is 0.0668. The van der Waals surface area contributed by atoms with Gasteiger partial charge < -0.3 is 9.36 Å². The van der Waals surface area contributed by atoms with E-state index in [-0.39, 0.29) is 17.5 Å². The molecule has 0 radical (unpaired) electrons. The summed E-state index contributed by atoms with van der Waals surface area (Å²) in [5.41, 5.74) is 3.52. The Morgan fingerprint density at radius 1 is 1.06 bits per heavy atom. The van der Waals surface area contributed by atoms with Gasteiger partial charge >= 0.3 is 0 Å². The molecule has 5 nitrogen and oxygen atoms in total. The number of carbonyl (C=O) groups excluding carboxylic acids is 2. The highest BCUT2D eigenvalue weighted by atomic mass is 16.1. The lowest BCUT2D eigenvalue weighted by atomic mass is 9.91. The monoisotopic (exact) mass is 465 g/mol. The number of ketones is 2. The first-order valence-electron chi connectivity index (χ1n) is 13.3. The number of hydrogen-bond donors (Lipinski definition) is 0. The lowest BCUT2D eigenvalue weighted by molar-refractivity contribution is -0.119. The van der Waals surface area contributed by atoms with Crippen molar-refractivity contribution in [1.82, 2.24) is 14.8 Å². The molecule has 1 saturated carbocycles. The Morgan fingerprint density at radius 3 is 2.47 bits per heavy atom. The fourth-order valence-electron chi connectivity index (χ4n) is 4.88. The van der Waals surface area contributed by atoms with Crippen LogP contribution in [0.3, 0.4) is 0 Å². The molecule has 1 unspecified atom stereocenters. The molecule has 34 heavy (non-hydrogen) atoms. The summed E-state index contributed by atoms with van der Waals surface area (Å²) in [5, 5.41) is 9.29. The Morgan fingerprint density at radius 2 is 1.82 bits per heavy atom. The summed E-state index contributed by atoms with van der Waals surface area (Å²) in [6, 6.07) is 6.81. The quantitative estimate of drug-likeness (QED) is 0.276. The molecule has 1 aliphatic carbocycles. The van der Waals surface area contributed by atoms with Gasteiger partial charge in [-0.05, 0) is 69.9 Å². The molecule has 1 aromatic heterocycles. The second kappa shape index (κ2) is 12.4. The molecule has 0 N–H and O–H groups in total. The van der Waals surface area contributed by atoms with Gasteiger partial charge in [-0.2, -0.15) is 0 Å². The van der Waals surface area contributed by atoms with Crippen molar-refractivity contribution in [3.05, 3.63) is 46.5 Å². The van der Waals surface area contributed by atoms with Gasteiger partial charge in [-0.15, -0.1) is 10.2 Å². The molecule has 1 fully saturated rings. The second-order valence-corrected chi connectivity index (χ2v) is 10.9. The number of aromatic nitrogens is 3. The molecule has 3 rings (SSSR count). The van der Waals surface area contributed by atoms with Gasteiger partial charge in [0.25, 0.3) is 0 Å². The van der Waals surface area contributed by atoms with Crippen molar-refractivity contribution in [2.45, 2.75) is 117 Å². The number of carbonyl (C=O) groups is 2. The van der Waals surface area contributed by atoms with Crippen LogP contribution in [0.2, 0.25) is 0 Å². The Bertz CT molecular complexity index is 972. The summed E-state index contributed by atoms with van der Waals surface area (Å²) in [5.74, 6) is 3.34. The van der Waals surface area contributed by atoms with Crippen LogP contribution >= 0.6 is 0 Å². The van der Waals surface area contributed by atoms with E-state index < -0.39 is 0 Å². The molecule has 1 heterocycles. The summed E-state index contributed by atoms with van der Waals surface area (Å²) in [7, 11) is 0. The largest absolute Gasteiger partial charge is 0.312 e. The topological polar surface area (TPSA) is 64.8 Å². The summed E-state index contributed by atoms with van der Waals surface area (Å²) in [6.45, 7) is 10.3. The van der Waals surface area contributed by atoms with E-state index in [1.807, 2.05) is 0 Å². The van der Waals surface area contributed by atoms with Crippen molar-refractivity contribution in [3.63, 3.8) is 0 Å². The lowest BCUT2D eigenvalue weighted by Gasteiger charge is -2.18. The van der Waals surface area contributed by atoms with Crippen LogP contribution in [0.25, 0.3) is 0 Å². The third kappa shape index (κ3) is 7.89. The van der Waals surface area contributed by atoms with Gasteiger partial charge in [0.1, 0.15) is 23.2 Å². The smallest absolute Gasteiger partial charge is 0.138 e. The molecular weight excluding hydrogens is 422 g/mol. The minimum absolute atomic E-state index is 0.0668. The molecule has 1 aliphatic rings. The zero-order valence-corrected chi connectivity index (χ0v) is 21.9. The summed E-state index contributed by atoms with van der Waals surface area (Å²) in [6.07, 6.45) is 9.87. The average Bonchev–Trinajstić information content (AvgIpc) is 3.51. The zero-order valence-electron chi connectivity index (χ0n) is 21.9. The van der Waals surface area contributed by atoms with E-state index in [4.69, 9.17) is 0 Å². The van der Waals surface area contributed by atoms with Crippen LogP contribution in [0.15, 0.2) is 18.2 Å². The predicted molar refractivity (Wildman–Crippen MR) is 137 cm³/mol. The van der Waals surface area contributed by atoms with Gasteiger partial charge in [0, 0.05) is 37.6 Å². The van der Waals surface area contributed by atoms with Crippen molar-refractivity contribution < 1.29 is 9.59 Å². The van der Waals surface area contributed by atoms with E-state index in [2.05, 4.69) is 60.7 Å². The molecule has 0 spiro atoms.